The first kappa shape index (κ1) is 23.5. The zero-order valence-electron chi connectivity index (χ0n) is 19.9. The summed E-state index contributed by atoms with van der Waals surface area (Å²) in [6.45, 7) is 1.28. The van der Waals surface area contributed by atoms with Gasteiger partial charge in [0.1, 0.15) is 6.54 Å². The Balaban J connectivity index is 1.48. The van der Waals surface area contributed by atoms with Gasteiger partial charge in [0.05, 0.1) is 12.1 Å². The molecule has 0 bridgehead atoms. The Hall–Kier alpha value is -2.61. The fourth-order valence-electron chi connectivity index (χ4n) is 5.72. The van der Waals surface area contributed by atoms with Crippen LogP contribution in [0.15, 0.2) is 30.3 Å². The van der Waals surface area contributed by atoms with E-state index in [4.69, 9.17) is 0 Å². The van der Waals surface area contributed by atoms with E-state index in [0.29, 0.717) is 12.5 Å². The minimum absolute atomic E-state index is 0.00536. The Bertz CT molecular complexity index is 862. The largest absolute Gasteiger partial charge is 0.358 e. The van der Waals surface area contributed by atoms with Crippen LogP contribution < -0.4 is 16.0 Å². The molecule has 1 heterocycles. The van der Waals surface area contributed by atoms with Crippen LogP contribution in [0, 0.1) is 5.92 Å². The number of nitrogens with zero attached hydrogens (tertiary/aromatic N) is 2. The highest BCUT2D eigenvalue weighted by Gasteiger charge is 2.54. The third kappa shape index (κ3) is 4.71. The third-order valence-corrected chi connectivity index (χ3v) is 8.12. The highest BCUT2D eigenvalue weighted by molar-refractivity contribution is 5.88. The van der Waals surface area contributed by atoms with Crippen LogP contribution in [-0.2, 0) is 15.1 Å². The minimum atomic E-state index is -0.294. The second-order valence-corrected chi connectivity index (χ2v) is 9.92. The zero-order chi connectivity index (χ0) is 23.5. The number of benzene rings is 1. The van der Waals surface area contributed by atoms with E-state index in [0.717, 1.165) is 32.2 Å². The molecule has 0 aromatic heterocycles. The third-order valence-electron chi connectivity index (χ3n) is 8.12. The van der Waals surface area contributed by atoms with E-state index < -0.39 is 0 Å². The lowest BCUT2D eigenvalue weighted by atomic mass is 9.68. The molecule has 4 rings (SSSR count). The number of hydrogen-bond donors (Lipinski definition) is 3. The van der Waals surface area contributed by atoms with E-state index in [1.54, 1.807) is 4.90 Å². The van der Waals surface area contributed by atoms with Crippen molar-refractivity contribution in [2.45, 2.75) is 56.0 Å². The molecule has 8 heteroatoms. The van der Waals surface area contributed by atoms with Crippen molar-refractivity contribution in [3.8, 4) is 0 Å². The normalized spacial score (nSPS) is 27.5. The number of hydrogen-bond acceptors (Lipinski definition) is 4. The van der Waals surface area contributed by atoms with Gasteiger partial charge in [0.15, 0.2) is 0 Å². The van der Waals surface area contributed by atoms with E-state index in [-0.39, 0.29) is 42.0 Å². The molecule has 2 aliphatic carbocycles. The second-order valence-electron chi connectivity index (χ2n) is 9.92. The lowest BCUT2D eigenvalue weighted by molar-refractivity contribution is -0.126. The molecule has 2 saturated carbocycles. The van der Waals surface area contributed by atoms with Crippen LogP contribution in [0.3, 0.4) is 0 Å². The van der Waals surface area contributed by atoms with Gasteiger partial charge in [0, 0.05) is 25.7 Å². The SMILES string of the molecule is CNC(=O)CNC(=O)CN1C[C@]2(CC[C@@](NC)(c3ccccc3)CC2)N(CC2CCC2)C1=O. The topological polar surface area (TPSA) is 93.8 Å². The molecule has 3 N–H and O–H groups in total. The lowest BCUT2D eigenvalue weighted by Gasteiger charge is -2.49. The number of rotatable bonds is 8. The molecule has 8 nitrogen and oxygen atoms in total. The fourth-order valence-corrected chi connectivity index (χ4v) is 5.72. The van der Waals surface area contributed by atoms with Crippen molar-refractivity contribution in [2.75, 3.05) is 40.3 Å². The van der Waals surface area contributed by atoms with Gasteiger partial charge in [-0.15, -0.1) is 0 Å². The molecule has 1 spiro atoms. The molecule has 4 amide bonds. The number of amides is 4. The van der Waals surface area contributed by atoms with Gasteiger partial charge in [0.2, 0.25) is 11.8 Å². The molecule has 1 saturated heterocycles. The molecule has 1 aromatic carbocycles. The van der Waals surface area contributed by atoms with Gasteiger partial charge in [-0.05, 0) is 57.1 Å². The average molecular weight is 456 g/mol. The molecular weight excluding hydrogens is 418 g/mol. The predicted molar refractivity (Wildman–Crippen MR) is 126 cm³/mol. The summed E-state index contributed by atoms with van der Waals surface area (Å²) in [5, 5.41) is 8.70. The van der Waals surface area contributed by atoms with Crippen LogP contribution in [0.4, 0.5) is 4.79 Å². The van der Waals surface area contributed by atoms with Crippen molar-refractivity contribution in [3.63, 3.8) is 0 Å². The van der Waals surface area contributed by atoms with Crippen molar-refractivity contribution >= 4 is 17.8 Å². The number of urea groups is 1. The molecule has 33 heavy (non-hydrogen) atoms. The zero-order valence-corrected chi connectivity index (χ0v) is 19.9. The maximum absolute atomic E-state index is 13.5. The van der Waals surface area contributed by atoms with Crippen LogP contribution >= 0.6 is 0 Å². The quantitative estimate of drug-likeness (QED) is 0.557. The van der Waals surface area contributed by atoms with Gasteiger partial charge in [-0.25, -0.2) is 4.79 Å². The molecule has 0 radical (unpaired) electrons. The lowest BCUT2D eigenvalue weighted by Crippen LogP contribution is -2.56. The van der Waals surface area contributed by atoms with Crippen molar-refractivity contribution in [2.24, 2.45) is 5.92 Å². The summed E-state index contributed by atoms with van der Waals surface area (Å²) in [5.41, 5.74) is 0.974. The summed E-state index contributed by atoms with van der Waals surface area (Å²) in [6.07, 6.45) is 7.28. The highest BCUT2D eigenvalue weighted by atomic mass is 16.2. The maximum Gasteiger partial charge on any atom is 0.321 e. The average Bonchev–Trinajstić information content (AvgIpc) is 3.06. The van der Waals surface area contributed by atoms with E-state index in [1.807, 2.05) is 13.1 Å². The summed E-state index contributed by atoms with van der Waals surface area (Å²) in [4.78, 5) is 41.2. The Morgan fingerprint density at radius 2 is 1.73 bits per heavy atom. The second kappa shape index (κ2) is 9.71. The van der Waals surface area contributed by atoms with E-state index in [2.05, 4.69) is 45.1 Å². The van der Waals surface area contributed by atoms with Crippen molar-refractivity contribution in [3.05, 3.63) is 35.9 Å². The van der Waals surface area contributed by atoms with Gasteiger partial charge in [-0.1, -0.05) is 36.8 Å². The molecular formula is C25H37N5O3. The molecule has 3 fully saturated rings. The Labute approximate surface area is 196 Å². The molecule has 1 aromatic rings. The van der Waals surface area contributed by atoms with Crippen LogP contribution in [0.2, 0.25) is 0 Å². The van der Waals surface area contributed by atoms with E-state index in [9.17, 15) is 14.4 Å². The van der Waals surface area contributed by atoms with Crippen molar-refractivity contribution in [1.29, 1.82) is 0 Å². The van der Waals surface area contributed by atoms with Crippen LogP contribution in [0.1, 0.15) is 50.5 Å². The first-order valence-corrected chi connectivity index (χ1v) is 12.2. The smallest absolute Gasteiger partial charge is 0.321 e. The van der Waals surface area contributed by atoms with Gasteiger partial charge < -0.3 is 25.8 Å². The van der Waals surface area contributed by atoms with Gasteiger partial charge >= 0.3 is 6.03 Å². The summed E-state index contributed by atoms with van der Waals surface area (Å²) in [7, 11) is 3.56. The van der Waals surface area contributed by atoms with Crippen LogP contribution in [0.5, 0.6) is 0 Å². The first-order valence-electron chi connectivity index (χ1n) is 12.2. The number of carbonyl (C=O) groups is 3. The molecule has 0 atom stereocenters. The Morgan fingerprint density at radius 3 is 2.30 bits per heavy atom. The molecule has 0 unspecified atom stereocenters. The van der Waals surface area contributed by atoms with Gasteiger partial charge in [-0.3, -0.25) is 9.59 Å². The van der Waals surface area contributed by atoms with Crippen molar-refractivity contribution in [1.82, 2.24) is 25.8 Å². The standard InChI is InChI=1S/C25H37N5O3/c1-26-21(31)15-28-22(32)17-29-18-24(30(23(29)33)16-19-7-6-8-19)11-13-25(27-2,14-12-24)20-9-4-3-5-10-20/h3-5,9-10,19,27H,6-8,11-18H2,1-2H3,(H,26,31)(H,28,32)/t24-,25+. The first-order chi connectivity index (χ1) is 15.9. The van der Waals surface area contributed by atoms with Crippen molar-refractivity contribution < 1.29 is 14.4 Å². The molecule has 3 aliphatic rings. The Kier molecular flexibility index (Phi) is 6.93. The predicted octanol–water partition coefficient (Wildman–Crippen LogP) is 1.81. The van der Waals surface area contributed by atoms with Crippen LogP contribution in [0.25, 0.3) is 0 Å². The Morgan fingerprint density at radius 1 is 1.03 bits per heavy atom. The number of carbonyl (C=O) groups excluding carboxylic acids is 3. The summed E-state index contributed by atoms with van der Waals surface area (Å²) in [6, 6.07) is 10.5. The minimum Gasteiger partial charge on any atom is -0.358 e. The van der Waals surface area contributed by atoms with E-state index >= 15 is 0 Å². The number of likely N-dealkylation sites (N-methyl/N-ethyl adjacent to an activating group) is 1. The maximum atomic E-state index is 13.5. The van der Waals surface area contributed by atoms with Crippen LogP contribution in [-0.4, -0.2) is 73.5 Å². The summed E-state index contributed by atoms with van der Waals surface area (Å²) >= 11 is 0. The summed E-state index contributed by atoms with van der Waals surface area (Å²) < 4.78 is 0. The summed E-state index contributed by atoms with van der Waals surface area (Å²) in [5.74, 6) is 0.0194. The highest BCUT2D eigenvalue weighted by Crippen LogP contribution is 2.47. The van der Waals surface area contributed by atoms with E-state index in [1.165, 1.54) is 31.9 Å². The van der Waals surface area contributed by atoms with Gasteiger partial charge in [-0.2, -0.15) is 0 Å². The fraction of sp³-hybridized carbons (Fsp3) is 0.640. The number of nitrogens with one attached hydrogen (secondary N) is 3. The molecule has 1 aliphatic heterocycles. The molecule has 180 valence electrons. The van der Waals surface area contributed by atoms with Gasteiger partial charge in [0.25, 0.3) is 0 Å². The monoisotopic (exact) mass is 455 g/mol.